The van der Waals surface area contributed by atoms with Crippen LogP contribution in [-0.4, -0.2) is 180 Å². The van der Waals surface area contributed by atoms with E-state index in [9.17, 15) is 63.9 Å². The number of unbranched alkanes of at least 4 members (excludes halogenated alkanes) is 2. The van der Waals surface area contributed by atoms with Gasteiger partial charge < -0.3 is 60.0 Å². The van der Waals surface area contributed by atoms with Crippen molar-refractivity contribution in [3.63, 3.8) is 0 Å². The Hall–Kier alpha value is -9.09. The SMILES string of the molecule is Cc1c(-c2ccc(N3CCc4cccc(C(=O)Nc5nc6ccccc6s5)c4C3)nc2C(=O)O)cnn1CC12CC3(C)CC(C)(C1)CC(OCCOCCNC(=O)OC/C=C/c1ccc(C[C@@H]4O[C@H](C(=O)O)[C@@H](O)[C@H](O)[C@H]4O)c(NC(=O)CCCC(=O)CCCCCN4C(=O)C=CC4=O)c1)(C3)C2. The van der Waals surface area contributed by atoms with Crippen molar-refractivity contribution in [2.45, 2.75) is 166 Å². The highest BCUT2D eigenvalue weighted by Gasteiger charge is 2.66. The molecule has 4 saturated carbocycles. The van der Waals surface area contributed by atoms with Gasteiger partial charge in [0.05, 0.1) is 47.9 Å². The van der Waals surface area contributed by atoms with E-state index in [2.05, 4.69) is 34.8 Å². The van der Waals surface area contributed by atoms with Crippen molar-refractivity contribution >= 4 is 91.7 Å². The van der Waals surface area contributed by atoms with Crippen LogP contribution in [0.15, 0.2) is 97.2 Å². The molecule has 2 unspecified atom stereocenters. The van der Waals surface area contributed by atoms with Gasteiger partial charge in [-0.1, -0.05) is 74.1 Å². The number of thiazole rings is 1. The molecule has 540 valence electrons. The number of amides is 5. The van der Waals surface area contributed by atoms with E-state index in [0.29, 0.717) is 97.3 Å². The molecule has 5 amide bonds. The number of Topliss-reactive ketones (excluding diaryl/α,β-unsaturated/α-hetero) is 1. The molecule has 4 bridgehead atoms. The zero-order chi connectivity index (χ0) is 72.1. The number of ether oxygens (including phenoxy) is 4. The highest BCUT2D eigenvalue weighted by molar-refractivity contribution is 7.22. The lowest BCUT2D eigenvalue weighted by Gasteiger charge is -2.69. The van der Waals surface area contributed by atoms with E-state index in [1.807, 2.05) is 71.1 Å². The first-order valence-corrected chi connectivity index (χ1v) is 35.7. The smallest absolute Gasteiger partial charge is 0.407 e. The number of aliphatic hydroxyl groups excluding tert-OH is 3. The largest absolute Gasteiger partial charge is 0.479 e. The summed E-state index contributed by atoms with van der Waals surface area (Å²) in [5.74, 6) is -3.62. The number of hydrogen-bond donors (Lipinski definition) is 8. The zero-order valence-corrected chi connectivity index (χ0v) is 58.2. The number of anilines is 3. The fourth-order valence-electron chi connectivity index (χ4n) is 17.2. The molecule has 0 spiro atoms. The van der Waals surface area contributed by atoms with Crippen molar-refractivity contribution in [1.29, 1.82) is 0 Å². The normalized spacial score (nSPS) is 24.9. The van der Waals surface area contributed by atoms with Gasteiger partial charge in [-0.2, -0.15) is 5.10 Å². The van der Waals surface area contributed by atoms with Crippen LogP contribution in [0.1, 0.15) is 146 Å². The van der Waals surface area contributed by atoms with Crippen LogP contribution in [0.5, 0.6) is 0 Å². The Morgan fingerprint density at radius 1 is 0.784 bits per heavy atom. The number of carboxylic acids is 2. The minimum atomic E-state index is -1.89. The number of nitrogens with zero attached hydrogens (tertiary/aromatic N) is 6. The molecule has 27 heteroatoms. The number of carbonyl (C=O) groups excluding carboxylic acids is 6. The van der Waals surface area contributed by atoms with Crippen LogP contribution in [0.4, 0.5) is 21.4 Å². The second kappa shape index (κ2) is 30.9. The van der Waals surface area contributed by atoms with E-state index >= 15 is 0 Å². The molecule has 0 radical (unpaired) electrons. The van der Waals surface area contributed by atoms with Crippen molar-refractivity contribution in [2.24, 2.45) is 16.2 Å². The molecule has 5 fully saturated rings. The van der Waals surface area contributed by atoms with E-state index in [4.69, 9.17) is 29.0 Å². The third kappa shape index (κ3) is 16.7. The fraction of sp³-hybridized carbons (Fsp3) is 0.480. The molecule has 102 heavy (non-hydrogen) atoms. The van der Waals surface area contributed by atoms with Gasteiger partial charge in [-0.05, 0) is 152 Å². The van der Waals surface area contributed by atoms with Gasteiger partial charge in [0.15, 0.2) is 16.9 Å². The number of aliphatic carboxylic acids is 1. The maximum atomic E-state index is 13.8. The average molecular weight is 1420 g/mol. The van der Waals surface area contributed by atoms with Crippen molar-refractivity contribution in [3.05, 3.63) is 136 Å². The van der Waals surface area contributed by atoms with Crippen molar-refractivity contribution < 1.29 is 82.8 Å². The maximum absolute atomic E-state index is 13.8. The summed E-state index contributed by atoms with van der Waals surface area (Å²) in [5, 5.41) is 65.9. The van der Waals surface area contributed by atoms with Crippen LogP contribution in [0.3, 0.4) is 0 Å². The van der Waals surface area contributed by atoms with Gasteiger partial charge in [-0.25, -0.2) is 24.4 Å². The Morgan fingerprint density at radius 2 is 1.56 bits per heavy atom. The van der Waals surface area contributed by atoms with Crippen molar-refractivity contribution in [3.8, 4) is 11.1 Å². The molecule has 7 atom stereocenters. The van der Waals surface area contributed by atoms with Crippen molar-refractivity contribution in [2.75, 3.05) is 61.6 Å². The van der Waals surface area contributed by atoms with Gasteiger partial charge >= 0.3 is 18.0 Å². The summed E-state index contributed by atoms with van der Waals surface area (Å²) in [4.78, 5) is 114. The van der Waals surface area contributed by atoms with Crippen LogP contribution in [0, 0.1) is 23.2 Å². The summed E-state index contributed by atoms with van der Waals surface area (Å²) in [6, 6.07) is 22.0. The number of imide groups is 1. The first kappa shape index (κ1) is 72.7. The Labute approximate surface area is 593 Å². The second-order valence-corrected chi connectivity index (χ2v) is 30.0. The average Bonchev–Trinajstić information content (AvgIpc) is 0.893. The minimum absolute atomic E-state index is 0.0244. The van der Waals surface area contributed by atoms with Crippen LogP contribution in [0.25, 0.3) is 27.4 Å². The molecular formula is C75H87N9O17S. The molecule has 1 saturated heterocycles. The molecule has 6 aromatic rings. The number of fused-ring (bicyclic) bond motifs is 2. The summed E-state index contributed by atoms with van der Waals surface area (Å²) in [6.45, 7) is 9.51. The van der Waals surface area contributed by atoms with Crippen LogP contribution >= 0.6 is 11.3 Å². The fourth-order valence-corrected chi connectivity index (χ4v) is 18.0. The third-order valence-corrected chi connectivity index (χ3v) is 21.6. The first-order valence-electron chi connectivity index (χ1n) is 34.9. The van der Waals surface area contributed by atoms with E-state index in [1.165, 1.54) is 23.5 Å². The summed E-state index contributed by atoms with van der Waals surface area (Å²) >= 11 is 1.41. The van der Waals surface area contributed by atoms with Gasteiger partial charge in [-0.3, -0.25) is 38.9 Å². The quantitative estimate of drug-likeness (QED) is 0.0149. The molecule has 4 aliphatic carbocycles. The van der Waals surface area contributed by atoms with Crippen LogP contribution in [0.2, 0.25) is 0 Å². The minimum Gasteiger partial charge on any atom is -0.479 e. The van der Waals surface area contributed by atoms with Gasteiger partial charge in [-0.15, -0.1) is 0 Å². The van der Waals surface area contributed by atoms with E-state index < -0.39 is 54.5 Å². The number of para-hydroxylation sites is 1. The molecule has 26 nitrogen and oxygen atoms in total. The topological polar surface area (TPSA) is 361 Å². The van der Waals surface area contributed by atoms with E-state index in [-0.39, 0.29) is 115 Å². The highest BCUT2D eigenvalue weighted by atomic mass is 32.1. The first-order chi connectivity index (χ1) is 48.9. The Bertz CT molecular complexity index is 4190. The number of aromatic nitrogens is 4. The number of carbonyl (C=O) groups is 8. The lowest BCUT2D eigenvalue weighted by molar-refractivity contribution is -0.250. The van der Waals surface area contributed by atoms with Gasteiger partial charge in [0.25, 0.3) is 17.7 Å². The standard InChI is InChI=1S/C75H87N9O17S/c1-45-52(50-22-23-58(80-62(50)68(93)94)82-29-26-47-13-9-16-51(53(47)37-82)67(92)81-70-79-54-17-6-7-18-57(54)102-70)36-77-84(45)44-74-39-72(2)38-73(3,40-74)42-75(41-72,43-74)100-33-32-98-31-27-76-71(97)99-30-11-12-46-20-21-48(35-56-63(89)64(90)65(91)66(101-56)69(95)96)55(34-46)78-59(86)19-10-15-49(85)14-5-4-8-28-83-60(87)24-25-61(83)88/h6-7,9,11-13,16-18,20-25,34,36,56,63-66,89-91H,4-5,8,10,14-15,19,26-33,35,37-44H2,1-3H3,(H,76,97)(H,78,86)(H,93,94)(H,95,96)(H,79,81,92)/b12-11+/t56-,63-,64+,65-,66-,72?,73?,74?,75?/m0/s1. The van der Waals surface area contributed by atoms with E-state index in [1.54, 1.807) is 36.5 Å². The number of hydrogen-bond acceptors (Lipinski definition) is 20. The number of benzene rings is 3. The number of ketones is 1. The third-order valence-electron chi connectivity index (χ3n) is 20.6. The molecule has 6 heterocycles. The van der Waals surface area contributed by atoms with Crippen molar-refractivity contribution in [1.82, 2.24) is 30.0 Å². The summed E-state index contributed by atoms with van der Waals surface area (Å²) in [5.41, 5.74) is 6.00. The monoisotopic (exact) mass is 1420 g/mol. The Morgan fingerprint density at radius 3 is 2.32 bits per heavy atom. The number of aromatic carboxylic acids is 1. The van der Waals surface area contributed by atoms with E-state index in [0.717, 1.165) is 70.5 Å². The molecule has 3 aromatic heterocycles. The highest BCUT2D eigenvalue weighted by Crippen LogP contribution is 2.72. The lowest BCUT2D eigenvalue weighted by atomic mass is 9.39. The lowest BCUT2D eigenvalue weighted by Crippen LogP contribution is -2.64. The number of alkyl carbamates (subject to hydrolysis) is 1. The van der Waals surface area contributed by atoms with Gasteiger partial charge in [0.2, 0.25) is 5.91 Å². The Balaban J connectivity index is 0.601. The predicted molar refractivity (Wildman–Crippen MR) is 376 cm³/mol. The summed E-state index contributed by atoms with van der Waals surface area (Å²) in [6.07, 6.45) is 6.96. The predicted octanol–water partition coefficient (Wildman–Crippen LogP) is 8.61. The number of rotatable bonds is 31. The van der Waals surface area contributed by atoms with Gasteiger partial charge in [0.1, 0.15) is 36.5 Å². The molecule has 8 N–H and O–H groups in total. The van der Waals surface area contributed by atoms with Crippen LogP contribution in [-0.2, 0) is 68.9 Å². The second-order valence-electron chi connectivity index (χ2n) is 28.9. The summed E-state index contributed by atoms with van der Waals surface area (Å²) < 4.78 is 26.8. The molecule has 13 rings (SSSR count). The zero-order valence-electron chi connectivity index (χ0n) is 57.4. The molecule has 7 aliphatic rings. The molecular weight excluding hydrogens is 1330 g/mol. The number of aliphatic hydroxyl groups is 3. The number of pyridine rings is 1. The number of carboxylic acid groups (broad SMARTS) is 2. The van der Waals surface area contributed by atoms with Crippen LogP contribution < -0.4 is 20.9 Å². The number of nitrogens with one attached hydrogen (secondary N) is 3. The Kier molecular flexibility index (Phi) is 22.0. The molecule has 3 aromatic carbocycles. The van der Waals surface area contributed by atoms with Gasteiger partial charge in [0, 0.05) is 98.6 Å². The maximum Gasteiger partial charge on any atom is 0.407 e. The molecule has 3 aliphatic heterocycles. The summed E-state index contributed by atoms with van der Waals surface area (Å²) in [7, 11) is 0.